The highest BCUT2D eigenvalue weighted by Crippen LogP contribution is 2.16. The van der Waals surface area contributed by atoms with Crippen molar-refractivity contribution in [2.45, 2.75) is 103 Å². The summed E-state index contributed by atoms with van der Waals surface area (Å²) < 4.78 is 0. The fourth-order valence-corrected chi connectivity index (χ4v) is 2.95. The van der Waals surface area contributed by atoms with Crippen LogP contribution in [0.1, 0.15) is 103 Å². The Hall–Kier alpha value is -1.32. The van der Waals surface area contributed by atoms with Gasteiger partial charge in [-0.25, -0.2) is 4.79 Å². The molecule has 0 saturated heterocycles. The van der Waals surface area contributed by atoms with Gasteiger partial charge >= 0.3 is 11.9 Å². The van der Waals surface area contributed by atoms with Crippen LogP contribution in [-0.2, 0) is 9.59 Å². The van der Waals surface area contributed by atoms with E-state index in [2.05, 4.69) is 6.92 Å². The van der Waals surface area contributed by atoms with Crippen LogP contribution in [-0.4, -0.2) is 22.2 Å². The Morgan fingerprint density at radius 1 is 0.708 bits per heavy atom. The monoisotopic (exact) mass is 340 g/mol. The van der Waals surface area contributed by atoms with E-state index in [0.29, 0.717) is 12.0 Å². The van der Waals surface area contributed by atoms with E-state index in [9.17, 15) is 9.59 Å². The molecule has 140 valence electrons. The van der Waals surface area contributed by atoms with Crippen molar-refractivity contribution in [1.82, 2.24) is 0 Å². The first-order valence-corrected chi connectivity index (χ1v) is 9.70. The third kappa shape index (κ3) is 17.0. The average Bonchev–Trinajstić information content (AvgIpc) is 2.50. The van der Waals surface area contributed by atoms with Gasteiger partial charge in [-0.2, -0.15) is 0 Å². The van der Waals surface area contributed by atoms with Crippen molar-refractivity contribution >= 4 is 11.9 Å². The average molecular weight is 341 g/mol. The Bertz CT molecular complexity index is 361. The molecular formula is C20H36O4. The Kier molecular flexibility index (Phi) is 15.6. The fourth-order valence-electron chi connectivity index (χ4n) is 2.95. The molecule has 0 radical (unpaired) electrons. The van der Waals surface area contributed by atoms with Crippen molar-refractivity contribution in [3.8, 4) is 0 Å². The molecule has 0 aliphatic rings. The Morgan fingerprint density at radius 2 is 1.12 bits per heavy atom. The zero-order valence-corrected chi connectivity index (χ0v) is 15.4. The number of carboxylic acids is 2. The Labute approximate surface area is 147 Å². The third-order valence-electron chi connectivity index (χ3n) is 4.31. The van der Waals surface area contributed by atoms with Crippen LogP contribution >= 0.6 is 0 Å². The Morgan fingerprint density at radius 3 is 1.50 bits per heavy atom. The second-order valence-electron chi connectivity index (χ2n) is 6.70. The molecule has 0 atom stereocenters. The summed E-state index contributed by atoms with van der Waals surface area (Å²) in [7, 11) is 0. The lowest BCUT2D eigenvalue weighted by molar-refractivity contribution is -0.136. The summed E-state index contributed by atoms with van der Waals surface area (Å²) in [5.41, 5.74) is 0.512. The molecule has 0 aromatic heterocycles. The summed E-state index contributed by atoms with van der Waals surface area (Å²) in [6, 6.07) is 0. The highest BCUT2D eigenvalue weighted by Gasteiger charge is 2.06. The molecule has 0 amide bonds. The van der Waals surface area contributed by atoms with Crippen molar-refractivity contribution in [2.24, 2.45) is 0 Å². The molecule has 0 aliphatic heterocycles. The topological polar surface area (TPSA) is 74.6 Å². The highest BCUT2D eigenvalue weighted by molar-refractivity contribution is 5.82. The summed E-state index contributed by atoms with van der Waals surface area (Å²) >= 11 is 0. The van der Waals surface area contributed by atoms with Gasteiger partial charge in [-0.05, 0) is 12.8 Å². The predicted octanol–water partition coefficient (Wildman–Crippen LogP) is 5.95. The third-order valence-corrected chi connectivity index (χ3v) is 4.31. The SMILES string of the molecule is CCCCCCCCCCCCCCC/C(=C\C(=O)O)CC(=O)O. The van der Waals surface area contributed by atoms with Gasteiger partial charge < -0.3 is 10.2 Å². The summed E-state index contributed by atoms with van der Waals surface area (Å²) in [5, 5.41) is 17.5. The first-order valence-electron chi connectivity index (χ1n) is 9.70. The van der Waals surface area contributed by atoms with Crippen molar-refractivity contribution in [1.29, 1.82) is 0 Å². The molecule has 0 saturated carbocycles. The first kappa shape index (κ1) is 22.7. The van der Waals surface area contributed by atoms with E-state index in [4.69, 9.17) is 10.2 Å². The quantitative estimate of drug-likeness (QED) is 0.253. The summed E-state index contributed by atoms with van der Waals surface area (Å²) in [6.45, 7) is 2.25. The predicted molar refractivity (Wildman–Crippen MR) is 98.3 cm³/mol. The normalized spacial score (nSPS) is 11.6. The Balaban J connectivity index is 3.46. The molecular weight excluding hydrogens is 304 g/mol. The molecule has 0 fully saturated rings. The fraction of sp³-hybridized carbons (Fsp3) is 0.800. The van der Waals surface area contributed by atoms with Gasteiger partial charge in [-0.3, -0.25) is 4.79 Å². The summed E-state index contributed by atoms with van der Waals surface area (Å²) in [4.78, 5) is 21.3. The lowest BCUT2D eigenvalue weighted by Gasteiger charge is -2.05. The van der Waals surface area contributed by atoms with Gasteiger partial charge in [0.25, 0.3) is 0 Å². The van der Waals surface area contributed by atoms with E-state index in [1.807, 2.05) is 0 Å². The molecule has 2 N–H and O–H groups in total. The number of hydrogen-bond acceptors (Lipinski definition) is 2. The standard InChI is InChI=1S/C20H36O4/c1-2-3-4-5-6-7-8-9-10-11-12-13-14-15-18(16-19(21)22)17-20(23)24/h16H,2-15,17H2,1H3,(H,21,22)(H,23,24)/b18-16+. The van der Waals surface area contributed by atoms with E-state index in [1.54, 1.807) is 0 Å². The summed E-state index contributed by atoms with van der Waals surface area (Å²) in [5.74, 6) is -2.02. The van der Waals surface area contributed by atoms with E-state index >= 15 is 0 Å². The van der Waals surface area contributed by atoms with E-state index in [1.165, 1.54) is 64.2 Å². The second kappa shape index (κ2) is 16.5. The molecule has 0 rings (SSSR count). The molecule has 0 unspecified atom stereocenters. The number of rotatable bonds is 17. The van der Waals surface area contributed by atoms with Crippen LogP contribution in [0.3, 0.4) is 0 Å². The van der Waals surface area contributed by atoms with Crippen LogP contribution < -0.4 is 0 Å². The molecule has 0 aliphatic carbocycles. The minimum Gasteiger partial charge on any atom is -0.481 e. The first-order chi connectivity index (χ1) is 11.6. The molecule has 0 aromatic rings. The van der Waals surface area contributed by atoms with Crippen molar-refractivity contribution in [3.05, 3.63) is 11.6 Å². The van der Waals surface area contributed by atoms with Gasteiger partial charge in [-0.15, -0.1) is 0 Å². The van der Waals surface area contributed by atoms with E-state index < -0.39 is 11.9 Å². The second-order valence-corrected chi connectivity index (χ2v) is 6.70. The number of carbonyl (C=O) groups is 2. The zero-order chi connectivity index (χ0) is 18.0. The minimum atomic E-state index is -1.05. The molecule has 0 spiro atoms. The van der Waals surface area contributed by atoms with Crippen molar-refractivity contribution in [3.63, 3.8) is 0 Å². The van der Waals surface area contributed by atoms with Gasteiger partial charge in [-0.1, -0.05) is 89.5 Å². The van der Waals surface area contributed by atoms with Gasteiger partial charge in [0.05, 0.1) is 6.42 Å². The van der Waals surface area contributed by atoms with E-state index in [0.717, 1.165) is 25.3 Å². The summed E-state index contributed by atoms with van der Waals surface area (Å²) in [6.07, 6.45) is 17.9. The largest absolute Gasteiger partial charge is 0.481 e. The maximum absolute atomic E-state index is 10.7. The molecule has 0 bridgehead atoms. The number of aliphatic carboxylic acids is 2. The van der Waals surface area contributed by atoms with Crippen LogP contribution in [0, 0.1) is 0 Å². The number of hydrogen-bond donors (Lipinski definition) is 2. The highest BCUT2D eigenvalue weighted by atomic mass is 16.4. The van der Waals surface area contributed by atoms with Crippen LogP contribution in [0.4, 0.5) is 0 Å². The maximum Gasteiger partial charge on any atom is 0.328 e. The smallest absolute Gasteiger partial charge is 0.328 e. The molecule has 4 nitrogen and oxygen atoms in total. The van der Waals surface area contributed by atoms with Gasteiger partial charge in [0.2, 0.25) is 0 Å². The van der Waals surface area contributed by atoms with Crippen LogP contribution in [0.2, 0.25) is 0 Å². The zero-order valence-electron chi connectivity index (χ0n) is 15.4. The van der Waals surface area contributed by atoms with Gasteiger partial charge in [0.1, 0.15) is 0 Å². The minimum absolute atomic E-state index is 0.162. The molecule has 0 aromatic carbocycles. The van der Waals surface area contributed by atoms with Crippen LogP contribution in [0.5, 0.6) is 0 Å². The maximum atomic E-state index is 10.7. The van der Waals surface area contributed by atoms with Gasteiger partial charge in [0, 0.05) is 6.08 Å². The number of carboxylic acid groups (broad SMARTS) is 2. The molecule has 24 heavy (non-hydrogen) atoms. The van der Waals surface area contributed by atoms with Crippen molar-refractivity contribution < 1.29 is 19.8 Å². The molecule has 0 heterocycles. The van der Waals surface area contributed by atoms with Crippen LogP contribution in [0.15, 0.2) is 11.6 Å². The van der Waals surface area contributed by atoms with Crippen LogP contribution in [0.25, 0.3) is 0 Å². The lowest BCUT2D eigenvalue weighted by atomic mass is 10.0. The lowest BCUT2D eigenvalue weighted by Crippen LogP contribution is -2.01. The molecule has 4 heteroatoms. The number of unbranched alkanes of at least 4 members (excludes halogenated alkanes) is 12. The van der Waals surface area contributed by atoms with E-state index in [-0.39, 0.29) is 6.42 Å². The van der Waals surface area contributed by atoms with Gasteiger partial charge in [0.15, 0.2) is 0 Å². The van der Waals surface area contributed by atoms with Crippen molar-refractivity contribution in [2.75, 3.05) is 0 Å².